The Morgan fingerprint density at radius 2 is 1.81 bits per heavy atom. The zero-order chi connectivity index (χ0) is 22.1. The fourth-order valence-corrected chi connectivity index (χ4v) is 4.56. The molecule has 0 saturated carbocycles. The minimum atomic E-state index is -0.233. The molecule has 1 aromatic carbocycles. The van der Waals surface area contributed by atoms with Crippen molar-refractivity contribution in [3.05, 3.63) is 114 Å². The fraction of sp³-hybridized carbons (Fsp3) is 0.160. The van der Waals surface area contributed by atoms with Gasteiger partial charge in [0.1, 0.15) is 11.9 Å². The fourth-order valence-electron chi connectivity index (χ4n) is 4.22. The number of benzene rings is 1. The molecule has 0 spiro atoms. The molecule has 1 fully saturated rings. The van der Waals surface area contributed by atoms with Crippen molar-refractivity contribution >= 4 is 23.0 Å². The summed E-state index contributed by atoms with van der Waals surface area (Å²) in [6.45, 7) is 2.40. The lowest BCUT2D eigenvalue weighted by Crippen LogP contribution is -2.30. The summed E-state index contributed by atoms with van der Waals surface area (Å²) in [4.78, 5) is 11.1. The zero-order valence-corrected chi connectivity index (χ0v) is 18.3. The Labute approximate surface area is 191 Å². The van der Waals surface area contributed by atoms with Crippen LogP contribution in [-0.4, -0.2) is 19.6 Å². The van der Waals surface area contributed by atoms with E-state index < -0.39 is 0 Å². The highest BCUT2D eigenvalue weighted by Gasteiger charge is 2.42. The van der Waals surface area contributed by atoms with Crippen molar-refractivity contribution in [2.75, 3.05) is 4.90 Å². The Hall–Kier alpha value is -3.58. The number of rotatable bonds is 5. The van der Waals surface area contributed by atoms with E-state index in [1.807, 2.05) is 48.5 Å². The van der Waals surface area contributed by atoms with Gasteiger partial charge in [-0.05, 0) is 79.3 Å². The minimum Gasteiger partial charge on any atom is -0.351 e. The molecule has 0 amide bonds. The number of pyridine rings is 2. The van der Waals surface area contributed by atoms with Crippen LogP contribution < -0.4 is 10.2 Å². The van der Waals surface area contributed by atoms with Crippen molar-refractivity contribution in [3.63, 3.8) is 0 Å². The van der Waals surface area contributed by atoms with E-state index in [4.69, 9.17) is 12.2 Å². The minimum absolute atomic E-state index is 0.161. The average molecular weight is 444 g/mol. The summed E-state index contributed by atoms with van der Waals surface area (Å²) >= 11 is 5.77. The smallest absolute Gasteiger partial charge is 0.174 e. The van der Waals surface area contributed by atoms with Gasteiger partial charge in [-0.15, -0.1) is 0 Å². The first-order valence-corrected chi connectivity index (χ1v) is 10.8. The van der Waals surface area contributed by atoms with Crippen LogP contribution in [0.5, 0.6) is 0 Å². The predicted octanol–water partition coefficient (Wildman–Crippen LogP) is 4.95. The van der Waals surface area contributed by atoms with E-state index in [-0.39, 0.29) is 17.9 Å². The second-order valence-electron chi connectivity index (χ2n) is 7.81. The van der Waals surface area contributed by atoms with Gasteiger partial charge in [-0.2, -0.15) is 0 Å². The van der Waals surface area contributed by atoms with Crippen LogP contribution in [0.2, 0.25) is 0 Å². The highest BCUT2D eigenvalue weighted by Crippen LogP contribution is 2.42. The molecule has 1 saturated heterocycles. The van der Waals surface area contributed by atoms with Crippen LogP contribution in [-0.2, 0) is 6.54 Å². The van der Waals surface area contributed by atoms with Crippen molar-refractivity contribution in [2.45, 2.75) is 25.6 Å². The molecule has 1 aliphatic rings. The van der Waals surface area contributed by atoms with Gasteiger partial charge in [0, 0.05) is 30.0 Å². The van der Waals surface area contributed by atoms with Gasteiger partial charge in [0.05, 0.1) is 24.0 Å². The zero-order valence-electron chi connectivity index (χ0n) is 17.5. The maximum absolute atomic E-state index is 14.0. The maximum atomic E-state index is 14.0. The number of anilines is 1. The number of thiocarbonyl (C=S) groups is 1. The number of nitrogens with one attached hydrogen (secondary N) is 1. The van der Waals surface area contributed by atoms with E-state index >= 15 is 0 Å². The molecule has 5 rings (SSSR count). The largest absolute Gasteiger partial charge is 0.351 e. The average Bonchev–Trinajstić information content (AvgIpc) is 3.40. The summed E-state index contributed by atoms with van der Waals surface area (Å²) in [6.07, 6.45) is 5.64. The molecular weight excluding hydrogens is 421 g/mol. The summed E-state index contributed by atoms with van der Waals surface area (Å²) < 4.78 is 16.2. The summed E-state index contributed by atoms with van der Waals surface area (Å²) in [5.41, 5.74) is 4.36. The molecular formula is C25H22FN5S. The molecule has 0 aliphatic carbocycles. The van der Waals surface area contributed by atoms with E-state index in [9.17, 15) is 4.39 Å². The van der Waals surface area contributed by atoms with Crippen LogP contribution in [0.25, 0.3) is 0 Å². The van der Waals surface area contributed by atoms with Gasteiger partial charge in [0.15, 0.2) is 5.11 Å². The highest BCUT2D eigenvalue weighted by atomic mass is 32.1. The molecule has 1 aliphatic heterocycles. The quantitative estimate of drug-likeness (QED) is 0.442. The number of aryl methyl sites for hydroxylation is 1. The first kappa shape index (κ1) is 20.3. The Balaban J connectivity index is 1.61. The molecule has 2 atom stereocenters. The third-order valence-corrected chi connectivity index (χ3v) is 6.06. The van der Waals surface area contributed by atoms with Gasteiger partial charge >= 0.3 is 0 Å². The molecule has 5 nitrogen and oxygen atoms in total. The third kappa shape index (κ3) is 3.76. The lowest BCUT2D eigenvalue weighted by Gasteiger charge is -2.29. The first-order chi connectivity index (χ1) is 15.6. The molecule has 1 N–H and O–H groups in total. The Kier molecular flexibility index (Phi) is 5.41. The Morgan fingerprint density at radius 3 is 2.53 bits per heavy atom. The van der Waals surface area contributed by atoms with E-state index in [1.165, 1.54) is 6.07 Å². The summed E-state index contributed by atoms with van der Waals surface area (Å²) in [6, 6.07) is 20.7. The lowest BCUT2D eigenvalue weighted by molar-refractivity contribution is 0.531. The van der Waals surface area contributed by atoms with Crippen LogP contribution in [0.1, 0.15) is 34.7 Å². The lowest BCUT2D eigenvalue weighted by atomic mass is 10.0. The summed E-state index contributed by atoms with van der Waals surface area (Å²) in [5, 5.41) is 4.04. The van der Waals surface area contributed by atoms with Gasteiger partial charge in [0.2, 0.25) is 0 Å². The molecule has 7 heteroatoms. The van der Waals surface area contributed by atoms with Gasteiger partial charge in [-0.1, -0.05) is 12.1 Å². The van der Waals surface area contributed by atoms with Gasteiger partial charge in [0.25, 0.3) is 0 Å². The number of hydrogen-bond acceptors (Lipinski definition) is 3. The van der Waals surface area contributed by atoms with Crippen molar-refractivity contribution < 1.29 is 4.39 Å². The second-order valence-corrected chi connectivity index (χ2v) is 8.20. The van der Waals surface area contributed by atoms with Crippen LogP contribution in [0.3, 0.4) is 0 Å². The number of nitrogens with zero attached hydrogens (tertiary/aromatic N) is 4. The standard InChI is InChI=1S/C25H22FN5S/c1-17-15-19(10-11-20(17)26)31-24(23(29-25(31)32)21-8-3-5-13-28-21)22-9-6-14-30(22)16-18-7-2-4-12-27-18/h2-15,23-24H,16H2,1H3,(H,29,32). The summed E-state index contributed by atoms with van der Waals surface area (Å²) in [5.74, 6) is -0.233. The van der Waals surface area contributed by atoms with Crippen molar-refractivity contribution in [1.82, 2.24) is 19.9 Å². The van der Waals surface area contributed by atoms with Crippen molar-refractivity contribution in [3.8, 4) is 0 Å². The van der Waals surface area contributed by atoms with E-state index in [0.717, 1.165) is 22.8 Å². The van der Waals surface area contributed by atoms with Crippen molar-refractivity contribution in [1.29, 1.82) is 0 Å². The molecule has 3 aromatic heterocycles. The maximum Gasteiger partial charge on any atom is 0.174 e. The monoisotopic (exact) mass is 443 g/mol. The number of halogens is 1. The van der Waals surface area contributed by atoms with E-state index in [1.54, 1.807) is 25.4 Å². The second kappa shape index (κ2) is 8.51. The van der Waals surface area contributed by atoms with Crippen LogP contribution in [0.15, 0.2) is 85.3 Å². The van der Waals surface area contributed by atoms with Crippen LogP contribution in [0, 0.1) is 12.7 Å². The van der Waals surface area contributed by atoms with Crippen LogP contribution >= 0.6 is 12.2 Å². The molecule has 4 heterocycles. The SMILES string of the molecule is Cc1cc(N2C(=S)NC(c3ccccn3)C2c2cccn2Cc2ccccn2)ccc1F. The topological polar surface area (TPSA) is 46.0 Å². The third-order valence-electron chi connectivity index (χ3n) is 5.74. The molecule has 4 aromatic rings. The Bertz CT molecular complexity index is 1240. The van der Waals surface area contributed by atoms with Gasteiger partial charge in [-0.3, -0.25) is 9.97 Å². The van der Waals surface area contributed by atoms with E-state index in [2.05, 4.69) is 37.0 Å². The summed E-state index contributed by atoms with van der Waals surface area (Å²) in [7, 11) is 0. The number of hydrogen-bond donors (Lipinski definition) is 1. The van der Waals surface area contributed by atoms with Gasteiger partial charge < -0.3 is 14.8 Å². The molecule has 2 unspecified atom stereocenters. The molecule has 0 radical (unpaired) electrons. The predicted molar refractivity (Wildman–Crippen MR) is 127 cm³/mol. The normalized spacial score (nSPS) is 18.1. The van der Waals surface area contributed by atoms with Crippen LogP contribution in [0.4, 0.5) is 10.1 Å². The molecule has 160 valence electrons. The van der Waals surface area contributed by atoms with Crippen molar-refractivity contribution in [2.24, 2.45) is 0 Å². The Morgan fingerprint density at radius 1 is 1.00 bits per heavy atom. The molecule has 0 bridgehead atoms. The molecule has 32 heavy (non-hydrogen) atoms. The highest BCUT2D eigenvalue weighted by molar-refractivity contribution is 7.80. The number of aromatic nitrogens is 3. The van der Waals surface area contributed by atoms with E-state index in [0.29, 0.717) is 17.2 Å². The first-order valence-electron chi connectivity index (χ1n) is 10.4. The van der Waals surface area contributed by atoms with Gasteiger partial charge in [-0.25, -0.2) is 4.39 Å².